The number of hydrogen-bond acceptors (Lipinski definition) is 4. The first kappa shape index (κ1) is 13.3. The molecule has 1 aliphatic heterocycles. The number of carbonyl (C=O) groups is 2. The van der Waals surface area contributed by atoms with E-state index < -0.39 is 23.7 Å². The third kappa shape index (κ3) is 2.65. The Hall–Kier alpha value is -2.15. The second kappa shape index (κ2) is 5.23. The normalized spacial score (nSPS) is 19.2. The molecule has 0 radical (unpaired) electrons. The summed E-state index contributed by atoms with van der Waals surface area (Å²) in [5.41, 5.74) is 10.7. The molecule has 2 amide bonds. The molecule has 0 saturated carbocycles. The number of nitrogens with two attached hydrogens (primary N) is 2. The van der Waals surface area contributed by atoms with Gasteiger partial charge in [0.1, 0.15) is 11.9 Å². The third-order valence-electron chi connectivity index (χ3n) is 2.97. The molecule has 1 saturated heterocycles. The van der Waals surface area contributed by atoms with Crippen LogP contribution in [0.5, 0.6) is 0 Å². The molecular weight excluding hydrogens is 253 g/mol. The number of nitrogen functional groups attached to an aromatic ring is 1. The van der Waals surface area contributed by atoms with E-state index in [1.807, 2.05) is 0 Å². The van der Waals surface area contributed by atoms with Crippen LogP contribution in [-0.2, 0) is 9.53 Å². The highest BCUT2D eigenvalue weighted by Crippen LogP contribution is 2.16. The van der Waals surface area contributed by atoms with Crippen molar-refractivity contribution in [3.8, 4) is 0 Å². The van der Waals surface area contributed by atoms with Crippen molar-refractivity contribution in [2.45, 2.75) is 6.04 Å². The van der Waals surface area contributed by atoms with Crippen LogP contribution >= 0.6 is 0 Å². The van der Waals surface area contributed by atoms with Crippen LogP contribution in [0, 0.1) is 5.82 Å². The van der Waals surface area contributed by atoms with Crippen molar-refractivity contribution < 1.29 is 18.7 Å². The zero-order chi connectivity index (χ0) is 14.0. The largest absolute Gasteiger partial charge is 0.396 e. The van der Waals surface area contributed by atoms with Crippen LogP contribution < -0.4 is 11.5 Å². The van der Waals surface area contributed by atoms with Gasteiger partial charge in [-0.3, -0.25) is 9.59 Å². The van der Waals surface area contributed by atoms with E-state index in [1.165, 1.54) is 17.0 Å². The quantitative estimate of drug-likeness (QED) is 0.721. The van der Waals surface area contributed by atoms with E-state index in [-0.39, 0.29) is 24.4 Å². The maximum atomic E-state index is 13.4. The van der Waals surface area contributed by atoms with Gasteiger partial charge < -0.3 is 21.1 Å². The van der Waals surface area contributed by atoms with Crippen molar-refractivity contribution in [1.29, 1.82) is 0 Å². The lowest BCUT2D eigenvalue weighted by molar-refractivity contribution is -0.127. The first-order valence-corrected chi connectivity index (χ1v) is 5.73. The smallest absolute Gasteiger partial charge is 0.254 e. The summed E-state index contributed by atoms with van der Waals surface area (Å²) in [6.07, 6.45) is 0. The first-order chi connectivity index (χ1) is 9.00. The highest BCUT2D eigenvalue weighted by molar-refractivity contribution is 5.97. The van der Waals surface area contributed by atoms with Crippen molar-refractivity contribution in [2.75, 3.05) is 25.5 Å². The monoisotopic (exact) mass is 267 g/mol. The van der Waals surface area contributed by atoms with E-state index >= 15 is 0 Å². The minimum Gasteiger partial charge on any atom is -0.396 e. The average Bonchev–Trinajstić information content (AvgIpc) is 2.41. The second-order valence-electron chi connectivity index (χ2n) is 4.23. The van der Waals surface area contributed by atoms with Crippen LogP contribution in [0.3, 0.4) is 0 Å². The molecule has 1 fully saturated rings. The average molecular weight is 267 g/mol. The van der Waals surface area contributed by atoms with Crippen molar-refractivity contribution in [3.05, 3.63) is 29.6 Å². The lowest BCUT2D eigenvalue weighted by atomic mass is 10.1. The Labute approximate surface area is 109 Å². The molecular formula is C12H14FN3O3. The molecule has 102 valence electrons. The summed E-state index contributed by atoms with van der Waals surface area (Å²) >= 11 is 0. The molecule has 6 nitrogen and oxygen atoms in total. The summed E-state index contributed by atoms with van der Waals surface area (Å²) in [7, 11) is 0. The Morgan fingerprint density at radius 3 is 2.79 bits per heavy atom. The molecule has 0 aliphatic carbocycles. The zero-order valence-electron chi connectivity index (χ0n) is 10.1. The molecule has 1 aromatic carbocycles. The number of rotatable bonds is 2. The Bertz CT molecular complexity index is 521. The number of anilines is 1. The van der Waals surface area contributed by atoms with Gasteiger partial charge in [0.25, 0.3) is 5.91 Å². The van der Waals surface area contributed by atoms with Gasteiger partial charge in [0.05, 0.1) is 18.9 Å². The van der Waals surface area contributed by atoms with Gasteiger partial charge in [-0.15, -0.1) is 0 Å². The van der Waals surface area contributed by atoms with Crippen LogP contribution in [0.1, 0.15) is 10.4 Å². The molecule has 0 aromatic heterocycles. The van der Waals surface area contributed by atoms with E-state index in [0.717, 1.165) is 6.07 Å². The van der Waals surface area contributed by atoms with Crippen LogP contribution in [0.25, 0.3) is 0 Å². The lowest BCUT2D eigenvalue weighted by Crippen LogP contribution is -2.54. The van der Waals surface area contributed by atoms with Crippen LogP contribution in [0.15, 0.2) is 18.2 Å². The molecule has 1 aliphatic rings. The highest BCUT2D eigenvalue weighted by Gasteiger charge is 2.32. The fourth-order valence-electron chi connectivity index (χ4n) is 1.91. The van der Waals surface area contributed by atoms with E-state index in [9.17, 15) is 14.0 Å². The molecule has 1 atom stereocenters. The number of benzene rings is 1. The first-order valence-electron chi connectivity index (χ1n) is 5.73. The number of halogens is 1. The second-order valence-corrected chi connectivity index (χ2v) is 4.23. The van der Waals surface area contributed by atoms with Gasteiger partial charge >= 0.3 is 0 Å². The highest BCUT2D eigenvalue weighted by atomic mass is 19.1. The summed E-state index contributed by atoms with van der Waals surface area (Å²) in [5, 5.41) is 0. The third-order valence-corrected chi connectivity index (χ3v) is 2.97. The Kier molecular flexibility index (Phi) is 3.66. The summed E-state index contributed by atoms with van der Waals surface area (Å²) in [6.45, 7) is 0.601. The molecule has 2 rings (SSSR count). The van der Waals surface area contributed by atoms with Crippen molar-refractivity contribution in [3.63, 3.8) is 0 Å². The van der Waals surface area contributed by atoms with E-state index in [1.54, 1.807) is 0 Å². The van der Waals surface area contributed by atoms with Gasteiger partial charge in [-0.2, -0.15) is 0 Å². The minimum atomic E-state index is -0.832. The van der Waals surface area contributed by atoms with Crippen LogP contribution in [0.4, 0.5) is 10.1 Å². The van der Waals surface area contributed by atoms with E-state index in [4.69, 9.17) is 16.2 Å². The van der Waals surface area contributed by atoms with Gasteiger partial charge in [0.2, 0.25) is 5.91 Å². The lowest BCUT2D eigenvalue weighted by Gasteiger charge is -2.33. The molecule has 1 unspecified atom stereocenters. The van der Waals surface area contributed by atoms with Gasteiger partial charge in [0.15, 0.2) is 0 Å². The zero-order valence-corrected chi connectivity index (χ0v) is 10.1. The number of carbonyl (C=O) groups excluding carboxylic acids is 2. The number of amides is 2. The van der Waals surface area contributed by atoms with E-state index in [0.29, 0.717) is 6.61 Å². The van der Waals surface area contributed by atoms with Crippen molar-refractivity contribution in [2.24, 2.45) is 5.73 Å². The molecule has 0 spiro atoms. The number of nitrogens with zero attached hydrogens (tertiary/aromatic N) is 1. The number of morpholine rings is 1. The fraction of sp³-hybridized carbons (Fsp3) is 0.333. The van der Waals surface area contributed by atoms with Crippen molar-refractivity contribution in [1.82, 2.24) is 4.90 Å². The van der Waals surface area contributed by atoms with Gasteiger partial charge in [-0.1, -0.05) is 0 Å². The van der Waals surface area contributed by atoms with Crippen LogP contribution in [0.2, 0.25) is 0 Å². The summed E-state index contributed by atoms with van der Waals surface area (Å²) in [5.74, 6) is -1.79. The predicted octanol–water partition coefficient (Wildman–Crippen LogP) is -0.266. The van der Waals surface area contributed by atoms with Gasteiger partial charge in [0, 0.05) is 12.1 Å². The summed E-state index contributed by atoms with van der Waals surface area (Å²) < 4.78 is 18.5. The maximum absolute atomic E-state index is 13.4. The molecule has 4 N–H and O–H groups in total. The topological polar surface area (TPSA) is 98.7 Å². The molecule has 0 bridgehead atoms. The minimum absolute atomic E-state index is 0.0371. The Morgan fingerprint density at radius 1 is 1.42 bits per heavy atom. The number of ether oxygens (including phenoxy) is 1. The summed E-state index contributed by atoms with van der Waals surface area (Å²) in [4.78, 5) is 24.8. The Morgan fingerprint density at radius 2 is 2.16 bits per heavy atom. The van der Waals surface area contributed by atoms with Crippen molar-refractivity contribution >= 4 is 17.5 Å². The molecule has 1 heterocycles. The van der Waals surface area contributed by atoms with Gasteiger partial charge in [-0.05, 0) is 18.2 Å². The maximum Gasteiger partial charge on any atom is 0.254 e. The Balaban J connectivity index is 2.26. The number of hydrogen-bond donors (Lipinski definition) is 2. The van der Waals surface area contributed by atoms with Crippen LogP contribution in [-0.4, -0.2) is 42.5 Å². The number of primary amides is 1. The molecule has 19 heavy (non-hydrogen) atoms. The summed E-state index contributed by atoms with van der Waals surface area (Å²) in [6, 6.07) is 2.93. The SMILES string of the molecule is NC(=O)C1COCCN1C(=O)c1ccc(N)c(F)c1. The molecule has 7 heteroatoms. The van der Waals surface area contributed by atoms with Gasteiger partial charge in [-0.25, -0.2) is 4.39 Å². The fourth-order valence-corrected chi connectivity index (χ4v) is 1.91. The molecule has 1 aromatic rings. The van der Waals surface area contributed by atoms with E-state index in [2.05, 4.69) is 0 Å². The predicted molar refractivity (Wildman–Crippen MR) is 65.7 cm³/mol. The standard InChI is InChI=1S/C12H14FN3O3/c13-8-5-7(1-2-9(8)14)12(18)16-3-4-19-6-10(16)11(15)17/h1-2,5,10H,3-4,6,14H2,(H2,15,17).